The Balaban J connectivity index is 0.000000335. The molecule has 41 atom stereocenters. The van der Waals surface area contributed by atoms with Gasteiger partial charge in [0.1, 0.15) is 11.2 Å². The third-order valence-corrected chi connectivity index (χ3v) is 532. The summed E-state index contributed by atoms with van der Waals surface area (Å²) in [4.78, 5) is 2.59. The van der Waals surface area contributed by atoms with Gasteiger partial charge in [-0.05, 0) is 374 Å². The third kappa shape index (κ3) is 45.4. The number of hydrogen-bond donors (Lipinski definition) is 0. The number of hydrogen-bond acceptors (Lipinski definition) is 2. The van der Waals surface area contributed by atoms with Crippen molar-refractivity contribution in [2.75, 3.05) is 4.90 Å². The van der Waals surface area contributed by atoms with Crippen molar-refractivity contribution in [1.29, 1.82) is 0 Å². The first-order chi connectivity index (χ1) is 71.2. The second-order valence-corrected chi connectivity index (χ2v) is 333. The molecule has 10 rings (SSSR count). The zero-order valence-electron chi connectivity index (χ0n) is 85.6. The van der Waals surface area contributed by atoms with Gasteiger partial charge >= 0.3 is 0 Å². The number of benzene rings is 7. The molecule has 0 N–H and O–H groups in total. The van der Waals surface area contributed by atoms with Gasteiger partial charge in [-0.25, -0.2) is 0 Å². The van der Waals surface area contributed by atoms with Crippen LogP contribution in [0.25, 0.3) is 55.3 Å². The van der Waals surface area contributed by atoms with Crippen LogP contribution in [0.2, 0.25) is 0 Å². The van der Waals surface area contributed by atoms with E-state index in [1.54, 1.807) is 22.3 Å². The zero-order chi connectivity index (χ0) is 111. The first-order valence-electron chi connectivity index (χ1n) is 48.2. The van der Waals surface area contributed by atoms with Crippen LogP contribution in [0.1, 0.15) is 230 Å². The summed E-state index contributed by atoms with van der Waals surface area (Å²) >= 11 is 0. The summed E-state index contributed by atoms with van der Waals surface area (Å²) < 4.78 is 6.40. The monoisotopic (exact) mass is 3340 g/mol. The normalized spacial score (nSPS) is 14.9. The summed E-state index contributed by atoms with van der Waals surface area (Å²) in [5, 5.41) is 2.35. The Hall–Kier alpha value is 25.1. The van der Waals surface area contributed by atoms with Gasteiger partial charge < -0.3 is 9.32 Å². The number of nitrogens with zero attached hydrogens (tertiary/aromatic N) is 1. The Bertz CT molecular complexity index is 4920. The van der Waals surface area contributed by atoms with E-state index >= 15 is 0 Å². The minimum atomic E-state index is -0.389. The molecule has 7 aromatic carbocycles. The lowest BCUT2D eigenvalue weighted by Gasteiger charge is -2.61. The average molecular weight is 3340 g/mol. The first-order valence-corrected chi connectivity index (χ1v) is 179. The maximum Gasteiger partial charge on any atom is 0.136 e. The highest BCUT2D eigenvalue weighted by atomic mass is 33.6. The van der Waals surface area contributed by atoms with Crippen LogP contribution in [0, 0.1) is 0 Å². The van der Waals surface area contributed by atoms with Gasteiger partial charge in [0.2, 0.25) is 0 Å². The standard InChI is InChI=1S/C76H93NO.H74P72/c1-5-9-13-17-21-31-52-75(53-32-22-18-14-10-6-2)68-40-28-25-36-63(68)66-56-60(48-50-70(66)75)77(59-46-44-58(45-47-59)62-39-35-43-73-74(62)65-38-27-30-42-72(65)78-73)61-49-51-71-67(57-61)64-37-26-29-41-69(64)76(71,54-33-23-19-15-11-7-3)55-34-24-20-16-12-8-4;1-38(2)56(37)65(55(35)36)70(66(57(39(3)4)40(5)6)58(41(7)8)42(9)10)72(69(63(51(27)28)52(29)30)64(53(31)32)54(33)34)71(67(59(43(11)12)44(13)14)60(45(15)16)46(17)18)68(61(47(19)20)48(21)22)62(49(23)24)50(25)26/h25-30,35-51,56-57H,5-24,31-34,52-55H2,1-4H3;1-37H2. The predicted octanol–water partition coefficient (Wildman–Crippen LogP) is 66.5. The molecule has 1 heterocycles. The molecule has 0 bridgehead atoms. The summed E-state index contributed by atoms with van der Waals surface area (Å²) in [6.45, 7) is -1.27. The Labute approximate surface area is 1040 Å². The van der Waals surface area contributed by atoms with E-state index in [1.807, 2.05) is 0 Å². The summed E-state index contributed by atoms with van der Waals surface area (Å²) in [7, 11) is 135. The molecule has 2 nitrogen and oxygen atoms in total. The first kappa shape index (κ1) is 158. The van der Waals surface area contributed by atoms with Gasteiger partial charge in [-0.1, -0.05) is 285 Å². The molecule has 0 radical (unpaired) electrons. The van der Waals surface area contributed by atoms with Crippen LogP contribution in [0.15, 0.2) is 156 Å². The lowest BCUT2D eigenvalue weighted by Crippen LogP contribution is -2.25. The average Bonchev–Trinajstić information content (AvgIpc) is 1.12. The maximum absolute atomic E-state index is 6.40. The molecule has 0 saturated carbocycles. The minimum Gasteiger partial charge on any atom is -0.456 e. The van der Waals surface area contributed by atoms with Crippen molar-refractivity contribution in [3.8, 4) is 33.4 Å². The molecule has 0 aliphatic heterocycles. The van der Waals surface area contributed by atoms with Gasteiger partial charge in [-0.2, -0.15) is 0 Å². The van der Waals surface area contributed by atoms with Crippen molar-refractivity contribution >= 4 is 614 Å². The molecular weight excluding hydrogens is 3170 g/mol. The van der Waals surface area contributed by atoms with Gasteiger partial charge in [-0.15, -0.1) is 330 Å². The fourth-order valence-electron chi connectivity index (χ4n) is 18.9. The van der Waals surface area contributed by atoms with E-state index in [9.17, 15) is 0 Å². The van der Waals surface area contributed by atoms with Crippen molar-refractivity contribution in [3.05, 3.63) is 174 Å². The molecule has 74 heteroatoms. The smallest absolute Gasteiger partial charge is 0.136 e. The molecule has 842 valence electrons. The Kier molecular flexibility index (Phi) is 88.0. The van der Waals surface area contributed by atoms with Crippen LogP contribution < -0.4 is 4.90 Å². The SMILES string of the molecule is CCCCCCCCC1(CCCCCCCC)c2ccccc2-c2cc(N(c3ccc(-c4cccc5oc6ccccc6c45)cc3)c3ccc4c(c3)-c3ccccc3C4(CCCCCCCC)CCCCCCCC)ccc21.PP(P)P(P)P(P(P)P)P(P(P(P(P)P)P(P)P)P(P(P)P)P(P)P)P(P(P(P(P)P)P(P)P)P(P(P)P)P(P)P)P(P(P(P(P)P)P(P)P)P(P(P)P)P(P)P)P(P(P(P)P)P(P)P)P(P(P)P)P(P)P. The predicted molar refractivity (Wildman–Crippen MR) is 940 cm³/mol. The number of anilines is 3. The number of rotatable bonds is 66. The van der Waals surface area contributed by atoms with Crippen molar-refractivity contribution < 1.29 is 4.42 Å². The van der Waals surface area contributed by atoms with Gasteiger partial charge in [-0.3, -0.25) is 0 Å². The Morgan fingerprint density at radius 1 is 0.200 bits per heavy atom. The topological polar surface area (TPSA) is 16.4 Å². The van der Waals surface area contributed by atoms with E-state index in [0.717, 1.165) is 11.2 Å². The van der Waals surface area contributed by atoms with E-state index in [1.165, 1.54) is 241 Å². The maximum atomic E-state index is 6.40. The van der Waals surface area contributed by atoms with Crippen LogP contribution in [-0.4, -0.2) is 0 Å². The summed E-state index contributed by atoms with van der Waals surface area (Å²) in [5.74, 6) is 0. The van der Waals surface area contributed by atoms with Gasteiger partial charge in [0.05, 0.1) is 0 Å². The second-order valence-electron chi connectivity index (χ2n) is 35.4. The minimum absolute atomic E-state index is 0.0390. The highest BCUT2D eigenvalue weighted by Crippen LogP contribution is 3.51. The van der Waals surface area contributed by atoms with Crippen molar-refractivity contribution in [3.63, 3.8) is 0 Å². The molecule has 0 spiro atoms. The lowest BCUT2D eigenvalue weighted by molar-refractivity contribution is 0.398. The number of unbranched alkanes of at least 4 members (excludes halogenated alkanes) is 20. The summed E-state index contributed by atoms with van der Waals surface area (Å²) in [6.07, 6.45) is 36.7. The third-order valence-electron chi connectivity index (χ3n) is 25.0. The number of fused-ring (bicyclic) bond motifs is 9. The van der Waals surface area contributed by atoms with Crippen molar-refractivity contribution in [2.24, 2.45) is 0 Å². The molecule has 1 aromatic heterocycles. The van der Waals surface area contributed by atoms with Gasteiger partial charge in [0, 0.05) is 38.7 Å². The van der Waals surface area contributed by atoms with E-state index in [0.29, 0.717) is 0 Å². The van der Waals surface area contributed by atoms with Crippen LogP contribution in [0.3, 0.4) is 0 Å². The highest BCUT2D eigenvalue weighted by molar-refractivity contribution is 9.56. The highest BCUT2D eigenvalue weighted by Gasteiger charge is 2.64. The summed E-state index contributed by atoms with van der Waals surface area (Å²) in [6, 6.07) is 58.9. The van der Waals surface area contributed by atoms with Gasteiger partial charge in [0.15, 0.2) is 0 Å². The Morgan fingerprint density at radius 3 is 0.720 bits per heavy atom. The van der Waals surface area contributed by atoms with Crippen molar-refractivity contribution in [2.45, 2.75) is 218 Å². The summed E-state index contributed by atoms with van der Waals surface area (Å²) in [5.41, 5.74) is 20.0. The fourth-order valence-corrected chi connectivity index (χ4v) is 1060. The van der Waals surface area contributed by atoms with E-state index in [4.69, 9.17) is 4.42 Å². The van der Waals surface area contributed by atoms with Crippen LogP contribution in [0.4, 0.5) is 17.1 Å². The van der Waals surface area contributed by atoms with E-state index < -0.39 is 0 Å². The van der Waals surface area contributed by atoms with Crippen LogP contribution in [-0.2, 0) is 10.8 Å². The van der Waals surface area contributed by atoms with Crippen LogP contribution >= 0.6 is 575 Å². The molecule has 2 aliphatic rings. The Morgan fingerprint density at radius 2 is 0.433 bits per heavy atom. The van der Waals surface area contributed by atoms with E-state index in [-0.39, 0.29) is 255 Å². The lowest BCUT2D eigenvalue weighted by atomic mass is 9.70. The number of para-hydroxylation sites is 1. The molecule has 0 fully saturated rings. The van der Waals surface area contributed by atoms with Crippen LogP contribution in [0.5, 0.6) is 0 Å². The number of furan rings is 1. The molecular formula is C76H167NOP72. The quantitative estimate of drug-likeness (QED) is 0.0279. The molecule has 8 aromatic rings. The second kappa shape index (κ2) is 83.4. The molecule has 0 saturated heterocycles. The zero-order valence-corrected chi connectivity index (χ0v) is 160. The molecule has 150 heavy (non-hydrogen) atoms. The molecule has 0 amide bonds. The van der Waals surface area contributed by atoms with Crippen molar-refractivity contribution in [1.82, 2.24) is 0 Å². The van der Waals surface area contributed by atoms with E-state index in [2.05, 4.69) is 515 Å². The van der Waals surface area contributed by atoms with Gasteiger partial charge in [0.25, 0.3) is 0 Å². The molecule has 41 unspecified atom stereocenters. The largest absolute Gasteiger partial charge is 0.456 e. The fraction of sp³-hybridized carbons (Fsp3) is 0.447. The molecule has 2 aliphatic carbocycles.